The van der Waals surface area contributed by atoms with Gasteiger partial charge in [0.1, 0.15) is 11.6 Å². The van der Waals surface area contributed by atoms with Crippen molar-refractivity contribution >= 4 is 23.4 Å². The minimum absolute atomic E-state index is 0.160. The summed E-state index contributed by atoms with van der Waals surface area (Å²) in [4.78, 5) is 12.1. The molecule has 1 heterocycles. The molecular weight excluding hydrogens is 339 g/mol. The third kappa shape index (κ3) is 4.48. The molecule has 2 aromatic rings. The zero-order valence-corrected chi connectivity index (χ0v) is 14.8. The summed E-state index contributed by atoms with van der Waals surface area (Å²) in [6.45, 7) is 4.45. The largest absolute Gasteiger partial charge is 0.325 e. The quantitative estimate of drug-likeness (QED) is 0.599. The van der Waals surface area contributed by atoms with Gasteiger partial charge in [0, 0.05) is 18.2 Å². The first-order valence-electron chi connectivity index (χ1n) is 8.39. The first kappa shape index (κ1) is 17.7. The molecule has 5 nitrogen and oxygen atoms in total. The van der Waals surface area contributed by atoms with Gasteiger partial charge in [0.2, 0.25) is 5.91 Å². The molecule has 1 aromatic heterocycles. The number of nitrogens with zero attached hydrogens (tertiary/aromatic N) is 3. The highest BCUT2D eigenvalue weighted by molar-refractivity contribution is 7.99. The molecule has 0 radical (unpaired) electrons. The molecule has 0 atom stereocenters. The standard InChI is InChI=1S/C18H21FN4OS/c1-2-11-23-17(13-5-3-4-6-13)21-22-18(23)25-12-16(24)20-15-9-7-14(19)8-10-15/h2,7-10,13H,1,3-6,11-12H2,(H,20,24). The molecule has 3 rings (SSSR count). The average molecular weight is 360 g/mol. The van der Waals surface area contributed by atoms with Gasteiger partial charge in [0.15, 0.2) is 5.16 Å². The summed E-state index contributed by atoms with van der Waals surface area (Å²) in [6, 6.07) is 5.71. The maximum Gasteiger partial charge on any atom is 0.234 e. The number of anilines is 1. The van der Waals surface area contributed by atoms with Crippen LogP contribution in [-0.2, 0) is 11.3 Å². The van der Waals surface area contributed by atoms with E-state index in [2.05, 4.69) is 26.7 Å². The second kappa shape index (κ2) is 8.29. The molecule has 0 spiro atoms. The number of hydrogen-bond acceptors (Lipinski definition) is 4. The number of amides is 1. The van der Waals surface area contributed by atoms with Crippen molar-refractivity contribution in [2.45, 2.75) is 43.3 Å². The molecule has 1 saturated carbocycles. The average Bonchev–Trinajstić information content (AvgIpc) is 3.25. The van der Waals surface area contributed by atoms with E-state index in [1.807, 2.05) is 6.08 Å². The molecule has 1 amide bonds. The Hall–Kier alpha value is -2.15. The van der Waals surface area contributed by atoms with Crippen LogP contribution in [0.3, 0.4) is 0 Å². The monoisotopic (exact) mass is 360 g/mol. The van der Waals surface area contributed by atoms with E-state index in [9.17, 15) is 9.18 Å². The van der Waals surface area contributed by atoms with Crippen LogP contribution in [-0.4, -0.2) is 26.4 Å². The van der Waals surface area contributed by atoms with Crippen LogP contribution in [0.5, 0.6) is 0 Å². The SMILES string of the molecule is C=CCn1c(SCC(=O)Nc2ccc(F)cc2)nnc1C1CCCC1. The predicted molar refractivity (Wildman–Crippen MR) is 97.2 cm³/mol. The summed E-state index contributed by atoms with van der Waals surface area (Å²) in [6.07, 6.45) is 6.57. The minimum Gasteiger partial charge on any atom is -0.325 e. The predicted octanol–water partition coefficient (Wildman–Crippen LogP) is 3.99. The molecule has 1 aliphatic carbocycles. The maximum absolute atomic E-state index is 12.9. The van der Waals surface area contributed by atoms with Crippen LogP contribution in [0.15, 0.2) is 42.1 Å². The Morgan fingerprint density at radius 1 is 1.32 bits per heavy atom. The van der Waals surface area contributed by atoms with E-state index in [0.29, 0.717) is 18.2 Å². The molecule has 0 aliphatic heterocycles. The number of carbonyl (C=O) groups is 1. The van der Waals surface area contributed by atoms with Gasteiger partial charge in [0.05, 0.1) is 5.75 Å². The number of nitrogens with one attached hydrogen (secondary N) is 1. The number of carbonyl (C=O) groups excluding carboxylic acids is 1. The maximum atomic E-state index is 12.9. The van der Waals surface area contributed by atoms with Crippen molar-refractivity contribution in [3.05, 3.63) is 48.6 Å². The Bertz CT molecular complexity index is 738. The van der Waals surface area contributed by atoms with Gasteiger partial charge in [-0.05, 0) is 37.1 Å². The van der Waals surface area contributed by atoms with Crippen molar-refractivity contribution in [1.29, 1.82) is 0 Å². The first-order valence-corrected chi connectivity index (χ1v) is 9.38. The van der Waals surface area contributed by atoms with Crippen LogP contribution in [0.25, 0.3) is 0 Å². The van der Waals surface area contributed by atoms with Gasteiger partial charge in [-0.3, -0.25) is 4.79 Å². The van der Waals surface area contributed by atoms with Gasteiger partial charge in [-0.1, -0.05) is 30.7 Å². The van der Waals surface area contributed by atoms with Crippen LogP contribution < -0.4 is 5.32 Å². The number of rotatable bonds is 7. The summed E-state index contributed by atoms with van der Waals surface area (Å²) >= 11 is 1.35. The zero-order valence-electron chi connectivity index (χ0n) is 13.9. The fourth-order valence-electron chi connectivity index (χ4n) is 3.05. The van der Waals surface area contributed by atoms with E-state index >= 15 is 0 Å². The first-order chi connectivity index (χ1) is 12.2. The van der Waals surface area contributed by atoms with Crippen molar-refractivity contribution in [1.82, 2.24) is 14.8 Å². The molecule has 0 unspecified atom stereocenters. The highest BCUT2D eigenvalue weighted by Gasteiger charge is 2.24. The minimum atomic E-state index is -0.329. The number of hydrogen-bond donors (Lipinski definition) is 1. The highest BCUT2D eigenvalue weighted by atomic mass is 32.2. The molecular formula is C18H21FN4OS. The number of allylic oxidation sites excluding steroid dienone is 1. The molecule has 1 N–H and O–H groups in total. The van der Waals surface area contributed by atoms with E-state index in [0.717, 1.165) is 23.8 Å². The van der Waals surface area contributed by atoms with Crippen LogP contribution in [0.4, 0.5) is 10.1 Å². The van der Waals surface area contributed by atoms with E-state index in [1.165, 1.54) is 48.9 Å². The summed E-state index contributed by atoms with van der Waals surface area (Å²) in [5, 5.41) is 12.1. The Balaban J connectivity index is 1.62. The summed E-state index contributed by atoms with van der Waals surface area (Å²) < 4.78 is 15.0. The lowest BCUT2D eigenvalue weighted by Gasteiger charge is -2.12. The van der Waals surface area contributed by atoms with Crippen molar-refractivity contribution in [3.8, 4) is 0 Å². The molecule has 1 aliphatic rings. The number of benzene rings is 1. The van der Waals surface area contributed by atoms with E-state index < -0.39 is 0 Å². The van der Waals surface area contributed by atoms with E-state index in [1.54, 1.807) is 0 Å². The zero-order chi connectivity index (χ0) is 17.6. The van der Waals surface area contributed by atoms with Crippen LogP contribution in [0.1, 0.15) is 37.4 Å². The lowest BCUT2D eigenvalue weighted by atomic mass is 10.1. The van der Waals surface area contributed by atoms with Crippen molar-refractivity contribution in [2.24, 2.45) is 0 Å². The fraction of sp³-hybridized carbons (Fsp3) is 0.389. The molecule has 1 aromatic carbocycles. The summed E-state index contributed by atoms with van der Waals surface area (Å²) in [7, 11) is 0. The second-order valence-corrected chi connectivity index (χ2v) is 7.01. The van der Waals surface area contributed by atoms with Crippen LogP contribution in [0, 0.1) is 5.82 Å². The molecule has 0 bridgehead atoms. The number of thioether (sulfide) groups is 1. The molecule has 25 heavy (non-hydrogen) atoms. The lowest BCUT2D eigenvalue weighted by Crippen LogP contribution is -2.15. The van der Waals surface area contributed by atoms with Gasteiger partial charge in [0.25, 0.3) is 0 Å². The Kier molecular flexibility index (Phi) is 5.86. The van der Waals surface area contributed by atoms with Gasteiger partial charge in [-0.15, -0.1) is 16.8 Å². The topological polar surface area (TPSA) is 59.8 Å². The third-order valence-corrected chi connectivity index (χ3v) is 5.20. The van der Waals surface area contributed by atoms with Gasteiger partial charge in [-0.25, -0.2) is 4.39 Å². The third-order valence-electron chi connectivity index (χ3n) is 4.24. The smallest absolute Gasteiger partial charge is 0.234 e. The Morgan fingerprint density at radius 2 is 2.04 bits per heavy atom. The Morgan fingerprint density at radius 3 is 2.72 bits per heavy atom. The van der Waals surface area contributed by atoms with Gasteiger partial charge in [-0.2, -0.15) is 0 Å². The lowest BCUT2D eigenvalue weighted by molar-refractivity contribution is -0.113. The summed E-state index contributed by atoms with van der Waals surface area (Å²) in [5.41, 5.74) is 0.575. The highest BCUT2D eigenvalue weighted by Crippen LogP contribution is 2.34. The fourth-order valence-corrected chi connectivity index (χ4v) is 3.81. The van der Waals surface area contributed by atoms with Crippen molar-refractivity contribution in [3.63, 3.8) is 0 Å². The molecule has 1 fully saturated rings. The normalized spacial score (nSPS) is 14.6. The van der Waals surface area contributed by atoms with Crippen molar-refractivity contribution < 1.29 is 9.18 Å². The van der Waals surface area contributed by atoms with Crippen LogP contribution in [0.2, 0.25) is 0 Å². The summed E-state index contributed by atoms with van der Waals surface area (Å²) in [5.74, 6) is 1.18. The van der Waals surface area contributed by atoms with E-state index in [-0.39, 0.29) is 17.5 Å². The molecule has 0 saturated heterocycles. The van der Waals surface area contributed by atoms with Crippen molar-refractivity contribution in [2.75, 3.05) is 11.1 Å². The molecule has 7 heteroatoms. The van der Waals surface area contributed by atoms with Gasteiger partial charge < -0.3 is 9.88 Å². The van der Waals surface area contributed by atoms with Gasteiger partial charge >= 0.3 is 0 Å². The second-order valence-electron chi connectivity index (χ2n) is 6.07. The van der Waals surface area contributed by atoms with E-state index in [4.69, 9.17) is 0 Å². The molecule has 132 valence electrons. The Labute approximate surface area is 150 Å². The van der Waals surface area contributed by atoms with Crippen LogP contribution >= 0.6 is 11.8 Å². The number of aromatic nitrogens is 3. The number of halogens is 1.